The van der Waals surface area contributed by atoms with Crippen LogP contribution in [0, 0.1) is 0 Å². The van der Waals surface area contributed by atoms with Crippen molar-refractivity contribution in [1.82, 2.24) is 0 Å². The number of halogens is 2. The molecule has 0 aliphatic heterocycles. The van der Waals surface area contributed by atoms with E-state index in [0.29, 0.717) is 21.2 Å². The topological polar surface area (TPSA) is 51.2 Å². The van der Waals surface area contributed by atoms with E-state index in [-0.39, 0.29) is 10.7 Å². The second-order valence-electron chi connectivity index (χ2n) is 4.66. The molecule has 0 radical (unpaired) electrons. The zero-order chi connectivity index (χ0) is 16.3. The van der Waals surface area contributed by atoms with E-state index in [1.54, 1.807) is 24.3 Å². The van der Waals surface area contributed by atoms with Crippen molar-refractivity contribution in [3.05, 3.63) is 69.7 Å². The summed E-state index contributed by atoms with van der Waals surface area (Å²) in [7, 11) is -3.27. The number of rotatable bonds is 4. The maximum absolute atomic E-state index is 12.1. The Bertz CT molecular complexity index is 838. The van der Waals surface area contributed by atoms with E-state index >= 15 is 0 Å². The van der Waals surface area contributed by atoms with Crippen LogP contribution in [0.25, 0.3) is 6.08 Å². The third kappa shape index (κ3) is 4.19. The predicted molar refractivity (Wildman–Crippen MR) is 89.4 cm³/mol. The number of hydrogen-bond acceptors (Lipinski definition) is 3. The Labute approximate surface area is 139 Å². The molecule has 0 heterocycles. The lowest BCUT2D eigenvalue weighted by atomic mass is 10.1. The van der Waals surface area contributed by atoms with Crippen LogP contribution in [0.1, 0.15) is 15.9 Å². The number of carbonyl (C=O) groups excluding carboxylic acids is 1. The van der Waals surface area contributed by atoms with Crippen molar-refractivity contribution in [2.45, 2.75) is 4.90 Å². The number of allylic oxidation sites excluding steroid dienone is 1. The molecule has 3 nitrogen and oxygen atoms in total. The Balaban J connectivity index is 2.20. The van der Waals surface area contributed by atoms with Gasteiger partial charge >= 0.3 is 0 Å². The molecular weight excluding hydrogens is 343 g/mol. The van der Waals surface area contributed by atoms with Crippen molar-refractivity contribution in [3.8, 4) is 0 Å². The molecule has 6 heteroatoms. The minimum absolute atomic E-state index is 0.175. The summed E-state index contributed by atoms with van der Waals surface area (Å²) in [6, 6.07) is 10.8. The smallest absolute Gasteiger partial charge is 0.185 e. The van der Waals surface area contributed by atoms with Crippen LogP contribution in [-0.2, 0) is 9.84 Å². The summed E-state index contributed by atoms with van der Waals surface area (Å²) in [4.78, 5) is 12.2. The first-order chi connectivity index (χ1) is 10.3. The molecule has 0 saturated heterocycles. The molecule has 114 valence electrons. The van der Waals surface area contributed by atoms with E-state index in [9.17, 15) is 13.2 Å². The number of benzene rings is 2. The first-order valence-electron chi connectivity index (χ1n) is 6.25. The van der Waals surface area contributed by atoms with Gasteiger partial charge in [-0.15, -0.1) is 0 Å². The normalized spacial score (nSPS) is 11.8. The van der Waals surface area contributed by atoms with Crippen LogP contribution in [0.2, 0.25) is 10.0 Å². The Kier molecular flexibility index (Phi) is 5.06. The molecule has 22 heavy (non-hydrogen) atoms. The molecule has 0 unspecified atom stereocenters. The van der Waals surface area contributed by atoms with Gasteiger partial charge in [-0.3, -0.25) is 4.79 Å². The second kappa shape index (κ2) is 6.65. The molecule has 0 aromatic heterocycles. The molecule has 2 aromatic rings. The van der Waals surface area contributed by atoms with Gasteiger partial charge in [-0.1, -0.05) is 29.3 Å². The van der Waals surface area contributed by atoms with Crippen molar-refractivity contribution in [2.75, 3.05) is 6.26 Å². The molecule has 2 aromatic carbocycles. The van der Waals surface area contributed by atoms with Crippen molar-refractivity contribution in [1.29, 1.82) is 0 Å². The average Bonchev–Trinajstić information content (AvgIpc) is 2.45. The second-order valence-corrected chi connectivity index (χ2v) is 7.52. The fourth-order valence-corrected chi connectivity index (χ4v) is 2.87. The Morgan fingerprint density at radius 2 is 1.68 bits per heavy atom. The van der Waals surface area contributed by atoms with Gasteiger partial charge in [0.15, 0.2) is 15.6 Å². The Morgan fingerprint density at radius 1 is 1.05 bits per heavy atom. The average molecular weight is 355 g/mol. The zero-order valence-corrected chi connectivity index (χ0v) is 13.9. The highest BCUT2D eigenvalue weighted by Gasteiger charge is 2.08. The van der Waals surface area contributed by atoms with Crippen molar-refractivity contribution >= 4 is 44.9 Å². The molecular formula is C16H12Cl2O3S. The molecule has 0 saturated carbocycles. The van der Waals surface area contributed by atoms with Gasteiger partial charge in [0.2, 0.25) is 0 Å². The highest BCUT2D eigenvalue weighted by atomic mass is 35.5. The molecule has 2 rings (SSSR count). The largest absolute Gasteiger partial charge is 0.289 e. The van der Waals surface area contributed by atoms with Gasteiger partial charge in [0.25, 0.3) is 0 Å². The molecule has 0 spiro atoms. The third-order valence-corrected chi connectivity index (χ3v) is 4.63. The van der Waals surface area contributed by atoms with E-state index in [1.807, 2.05) is 0 Å². The zero-order valence-electron chi connectivity index (χ0n) is 11.6. The van der Waals surface area contributed by atoms with Crippen LogP contribution in [0.3, 0.4) is 0 Å². The Morgan fingerprint density at radius 3 is 2.23 bits per heavy atom. The summed E-state index contributed by atoms with van der Waals surface area (Å²) in [5.41, 5.74) is 1.07. The molecule has 0 fully saturated rings. The number of ketones is 1. The van der Waals surface area contributed by atoms with Crippen LogP contribution in [-0.4, -0.2) is 20.5 Å². The van der Waals surface area contributed by atoms with E-state index in [1.165, 1.54) is 30.3 Å². The van der Waals surface area contributed by atoms with Gasteiger partial charge in [0.1, 0.15) is 0 Å². The van der Waals surface area contributed by atoms with Crippen molar-refractivity contribution < 1.29 is 13.2 Å². The lowest BCUT2D eigenvalue weighted by Crippen LogP contribution is -1.99. The maximum atomic E-state index is 12.1. The molecule has 0 amide bonds. The van der Waals surface area contributed by atoms with Gasteiger partial charge in [0, 0.05) is 21.9 Å². The minimum Gasteiger partial charge on any atom is -0.289 e. The number of hydrogen-bond donors (Lipinski definition) is 0. The predicted octanol–water partition coefficient (Wildman–Crippen LogP) is 4.29. The summed E-state index contributed by atoms with van der Waals surface area (Å²) >= 11 is 11.8. The van der Waals surface area contributed by atoms with Crippen LogP contribution >= 0.6 is 23.2 Å². The number of sulfone groups is 1. The molecule has 0 aliphatic rings. The standard InChI is InChI=1S/C16H12Cl2O3S/c1-22(20,21)14-7-3-12(4-8-14)16(19)9-5-11-2-6-13(17)10-15(11)18/h2-10H,1H3/b9-5+. The van der Waals surface area contributed by atoms with Gasteiger partial charge in [0.05, 0.1) is 4.90 Å². The Hall–Kier alpha value is -1.62. The highest BCUT2D eigenvalue weighted by Crippen LogP contribution is 2.22. The molecule has 0 aliphatic carbocycles. The van der Waals surface area contributed by atoms with Crippen LogP contribution < -0.4 is 0 Å². The fourth-order valence-electron chi connectivity index (χ4n) is 1.76. The first kappa shape index (κ1) is 16.7. The third-order valence-electron chi connectivity index (χ3n) is 2.94. The van der Waals surface area contributed by atoms with E-state index in [2.05, 4.69) is 0 Å². The van der Waals surface area contributed by atoms with E-state index in [0.717, 1.165) is 6.26 Å². The maximum Gasteiger partial charge on any atom is 0.185 e. The van der Waals surface area contributed by atoms with Crippen molar-refractivity contribution in [3.63, 3.8) is 0 Å². The SMILES string of the molecule is CS(=O)(=O)c1ccc(C(=O)/C=C/c2ccc(Cl)cc2Cl)cc1. The summed E-state index contributed by atoms with van der Waals surface area (Å²) in [6.45, 7) is 0. The van der Waals surface area contributed by atoms with Crippen LogP contribution in [0.4, 0.5) is 0 Å². The fraction of sp³-hybridized carbons (Fsp3) is 0.0625. The number of carbonyl (C=O) groups is 1. The van der Waals surface area contributed by atoms with E-state index in [4.69, 9.17) is 23.2 Å². The quantitative estimate of drug-likeness (QED) is 0.607. The molecule has 0 atom stereocenters. The summed E-state index contributed by atoms with van der Waals surface area (Å²) in [6.07, 6.45) is 4.09. The van der Waals surface area contributed by atoms with Crippen LogP contribution in [0.5, 0.6) is 0 Å². The van der Waals surface area contributed by atoms with Gasteiger partial charge in [-0.05, 0) is 54.1 Å². The first-order valence-corrected chi connectivity index (χ1v) is 8.90. The van der Waals surface area contributed by atoms with Gasteiger partial charge in [-0.2, -0.15) is 0 Å². The lowest BCUT2D eigenvalue weighted by Gasteiger charge is -2.01. The summed E-state index contributed by atoms with van der Waals surface area (Å²) in [5.74, 6) is -0.244. The summed E-state index contributed by atoms with van der Waals surface area (Å²) in [5, 5.41) is 0.966. The van der Waals surface area contributed by atoms with Gasteiger partial charge < -0.3 is 0 Å². The molecule has 0 bridgehead atoms. The van der Waals surface area contributed by atoms with Gasteiger partial charge in [-0.25, -0.2) is 8.42 Å². The summed E-state index contributed by atoms with van der Waals surface area (Å²) < 4.78 is 22.7. The van der Waals surface area contributed by atoms with Crippen molar-refractivity contribution in [2.24, 2.45) is 0 Å². The minimum atomic E-state index is -3.27. The lowest BCUT2D eigenvalue weighted by molar-refractivity contribution is 0.104. The van der Waals surface area contributed by atoms with E-state index < -0.39 is 9.84 Å². The highest BCUT2D eigenvalue weighted by molar-refractivity contribution is 7.90. The van der Waals surface area contributed by atoms with Crippen LogP contribution in [0.15, 0.2) is 53.4 Å². The monoisotopic (exact) mass is 354 g/mol. The molecule has 0 N–H and O–H groups in total.